The number of furan rings is 1. The smallest absolute Gasteiger partial charge is 0.272 e. The number of amides is 3. The Hall–Kier alpha value is -6.45. The highest BCUT2D eigenvalue weighted by Gasteiger charge is 2.23. The summed E-state index contributed by atoms with van der Waals surface area (Å²) in [5, 5.41) is 7.97. The van der Waals surface area contributed by atoms with E-state index in [1.54, 1.807) is 78.9 Å². The Morgan fingerprint density at radius 2 is 1.22 bits per heavy atom. The van der Waals surface area contributed by atoms with E-state index in [0.717, 1.165) is 16.0 Å². The SMILES string of the molecule is CC(=O)c1ccc(NC(=O)C(Sc2ccc(NC(=O)/C(=C\c3ccc(-c4ccccc4)o3)NC(=O)c3ccccc3)cc2)c2ccccc2)cc1. The van der Waals surface area contributed by atoms with E-state index in [1.165, 1.54) is 24.8 Å². The summed E-state index contributed by atoms with van der Waals surface area (Å²) in [6, 6.07) is 45.0. The Kier molecular flexibility index (Phi) is 11.0. The van der Waals surface area contributed by atoms with Gasteiger partial charge in [-0.1, -0.05) is 78.9 Å². The van der Waals surface area contributed by atoms with Crippen LogP contribution in [0.15, 0.2) is 167 Å². The molecule has 1 unspecified atom stereocenters. The second-order valence-corrected chi connectivity index (χ2v) is 12.6. The molecule has 0 saturated heterocycles. The normalized spacial score (nSPS) is 11.7. The summed E-state index contributed by atoms with van der Waals surface area (Å²) in [5.74, 6) is -0.259. The lowest BCUT2D eigenvalue weighted by Crippen LogP contribution is -2.30. The van der Waals surface area contributed by atoms with Gasteiger partial charge in [0.15, 0.2) is 5.78 Å². The molecule has 0 bridgehead atoms. The molecule has 0 spiro atoms. The predicted molar refractivity (Wildman–Crippen MR) is 201 cm³/mol. The Bertz CT molecular complexity index is 2160. The molecule has 9 heteroatoms. The summed E-state index contributed by atoms with van der Waals surface area (Å²) in [4.78, 5) is 52.7. The topological polar surface area (TPSA) is 118 Å². The number of benzene rings is 5. The molecule has 0 aliphatic heterocycles. The van der Waals surface area contributed by atoms with Crippen LogP contribution in [0, 0.1) is 0 Å². The molecule has 1 aromatic heterocycles. The van der Waals surface area contributed by atoms with Crippen molar-refractivity contribution in [2.24, 2.45) is 0 Å². The predicted octanol–water partition coefficient (Wildman–Crippen LogP) is 9.03. The number of ketones is 1. The van der Waals surface area contributed by atoms with Crippen molar-refractivity contribution < 1.29 is 23.6 Å². The number of carbonyl (C=O) groups excluding carboxylic acids is 4. The van der Waals surface area contributed by atoms with E-state index in [9.17, 15) is 19.2 Å². The van der Waals surface area contributed by atoms with Gasteiger partial charge in [0.05, 0.1) is 0 Å². The number of rotatable bonds is 12. The lowest BCUT2D eigenvalue weighted by atomic mass is 10.1. The van der Waals surface area contributed by atoms with Crippen LogP contribution in [0.25, 0.3) is 17.4 Å². The van der Waals surface area contributed by atoms with Crippen molar-refractivity contribution in [3.63, 3.8) is 0 Å². The summed E-state index contributed by atoms with van der Waals surface area (Å²) < 4.78 is 5.99. The first kappa shape index (κ1) is 34.4. The van der Waals surface area contributed by atoms with Crippen LogP contribution >= 0.6 is 11.8 Å². The lowest BCUT2D eigenvalue weighted by molar-refractivity contribution is -0.116. The van der Waals surface area contributed by atoms with Crippen molar-refractivity contribution in [2.75, 3.05) is 10.6 Å². The molecule has 1 heterocycles. The molecule has 5 aromatic carbocycles. The summed E-state index contributed by atoms with van der Waals surface area (Å²) in [7, 11) is 0. The van der Waals surface area contributed by atoms with Gasteiger partial charge in [0.25, 0.3) is 11.8 Å². The Labute approximate surface area is 299 Å². The largest absolute Gasteiger partial charge is 0.457 e. The highest BCUT2D eigenvalue weighted by molar-refractivity contribution is 8.00. The molecule has 0 aliphatic rings. The summed E-state index contributed by atoms with van der Waals surface area (Å²) in [6.07, 6.45) is 1.49. The molecule has 51 heavy (non-hydrogen) atoms. The van der Waals surface area contributed by atoms with E-state index in [2.05, 4.69) is 16.0 Å². The van der Waals surface area contributed by atoms with Gasteiger partial charge >= 0.3 is 0 Å². The van der Waals surface area contributed by atoms with Gasteiger partial charge in [0, 0.05) is 39.0 Å². The van der Waals surface area contributed by atoms with Crippen LogP contribution in [0.2, 0.25) is 0 Å². The average Bonchev–Trinajstić information content (AvgIpc) is 3.64. The van der Waals surface area contributed by atoms with Crippen molar-refractivity contribution >= 4 is 52.7 Å². The molecular formula is C42H33N3O5S. The molecular weight excluding hydrogens is 659 g/mol. The van der Waals surface area contributed by atoms with Gasteiger partial charge < -0.3 is 20.4 Å². The molecule has 0 radical (unpaired) electrons. The molecule has 0 saturated carbocycles. The third-order valence-corrected chi connectivity index (χ3v) is 9.03. The van der Waals surface area contributed by atoms with Gasteiger partial charge in [-0.3, -0.25) is 19.2 Å². The first-order chi connectivity index (χ1) is 24.8. The fourth-order valence-corrected chi connectivity index (χ4v) is 6.15. The zero-order chi connectivity index (χ0) is 35.6. The number of hydrogen-bond donors (Lipinski definition) is 3. The monoisotopic (exact) mass is 691 g/mol. The van der Waals surface area contributed by atoms with Crippen molar-refractivity contribution in [1.29, 1.82) is 0 Å². The molecule has 0 fully saturated rings. The van der Waals surface area contributed by atoms with Gasteiger partial charge in [-0.25, -0.2) is 0 Å². The van der Waals surface area contributed by atoms with Crippen molar-refractivity contribution in [1.82, 2.24) is 5.32 Å². The highest BCUT2D eigenvalue weighted by atomic mass is 32.2. The van der Waals surface area contributed by atoms with Crippen molar-refractivity contribution in [3.05, 3.63) is 180 Å². The van der Waals surface area contributed by atoms with Gasteiger partial charge in [0.2, 0.25) is 5.91 Å². The molecule has 0 aliphatic carbocycles. The second kappa shape index (κ2) is 16.3. The minimum atomic E-state index is -0.587. The molecule has 3 amide bonds. The zero-order valence-corrected chi connectivity index (χ0v) is 28.4. The van der Waals surface area contributed by atoms with E-state index >= 15 is 0 Å². The molecule has 6 rings (SSSR count). The van der Waals surface area contributed by atoms with Gasteiger partial charge in [-0.15, -0.1) is 11.8 Å². The second-order valence-electron chi connectivity index (χ2n) is 11.5. The van der Waals surface area contributed by atoms with E-state index in [0.29, 0.717) is 34.0 Å². The summed E-state index contributed by atoms with van der Waals surface area (Å²) in [6.45, 7) is 1.49. The maximum Gasteiger partial charge on any atom is 0.272 e. The van der Waals surface area contributed by atoms with E-state index in [-0.39, 0.29) is 17.4 Å². The van der Waals surface area contributed by atoms with Gasteiger partial charge in [-0.2, -0.15) is 0 Å². The minimum absolute atomic E-state index is 0.00610. The van der Waals surface area contributed by atoms with Gasteiger partial charge in [0.1, 0.15) is 22.5 Å². The van der Waals surface area contributed by atoms with Crippen LogP contribution in [0.5, 0.6) is 0 Å². The summed E-state index contributed by atoms with van der Waals surface area (Å²) in [5.41, 5.74) is 3.72. The van der Waals surface area contributed by atoms with E-state index < -0.39 is 17.1 Å². The first-order valence-electron chi connectivity index (χ1n) is 16.1. The van der Waals surface area contributed by atoms with Gasteiger partial charge in [-0.05, 0) is 85.3 Å². The number of anilines is 2. The number of hydrogen-bond acceptors (Lipinski definition) is 6. The van der Waals surface area contributed by atoms with Crippen molar-refractivity contribution in [3.8, 4) is 11.3 Å². The maximum absolute atomic E-state index is 13.6. The molecule has 6 aromatic rings. The van der Waals surface area contributed by atoms with Crippen LogP contribution in [-0.4, -0.2) is 23.5 Å². The third-order valence-electron chi connectivity index (χ3n) is 7.77. The third kappa shape index (κ3) is 9.17. The van der Waals surface area contributed by atoms with Crippen LogP contribution in [0.1, 0.15) is 44.2 Å². The molecule has 1 atom stereocenters. The van der Waals surface area contributed by atoms with E-state index in [4.69, 9.17) is 4.42 Å². The first-order valence-corrected chi connectivity index (χ1v) is 17.0. The highest BCUT2D eigenvalue weighted by Crippen LogP contribution is 2.37. The Balaban J connectivity index is 1.19. The number of thioether (sulfide) groups is 1. The van der Waals surface area contributed by atoms with Crippen LogP contribution in [-0.2, 0) is 9.59 Å². The molecule has 252 valence electrons. The van der Waals surface area contributed by atoms with Crippen LogP contribution in [0.3, 0.4) is 0 Å². The fraction of sp³-hybridized carbons (Fsp3) is 0.0476. The van der Waals surface area contributed by atoms with Crippen LogP contribution < -0.4 is 16.0 Å². The standard InChI is InChI=1S/C42H33N3O5S/c1-28(46)29-17-19-33(20-18-29)44-42(49)39(31-13-7-3-8-14-31)51-36-24-21-34(22-25-36)43-41(48)37(45-40(47)32-15-9-4-10-16-32)27-35-23-26-38(50-35)30-11-5-2-6-12-30/h2-27,39H,1H3,(H,43,48)(H,44,49)(H,45,47)/b37-27+. The molecule has 8 nitrogen and oxygen atoms in total. The van der Waals surface area contributed by atoms with E-state index in [1.807, 2.05) is 72.8 Å². The Morgan fingerprint density at radius 3 is 1.86 bits per heavy atom. The quantitative estimate of drug-likeness (QED) is 0.0670. The molecule has 3 N–H and O–H groups in total. The number of carbonyl (C=O) groups is 4. The number of nitrogens with one attached hydrogen (secondary N) is 3. The zero-order valence-electron chi connectivity index (χ0n) is 27.5. The average molecular weight is 692 g/mol. The Morgan fingerprint density at radius 1 is 0.627 bits per heavy atom. The summed E-state index contributed by atoms with van der Waals surface area (Å²) >= 11 is 1.36. The lowest BCUT2D eigenvalue weighted by Gasteiger charge is -2.18. The number of Topliss-reactive ketones (excluding diaryl/α,β-unsaturated/α-hetero) is 1. The van der Waals surface area contributed by atoms with Crippen LogP contribution in [0.4, 0.5) is 11.4 Å². The van der Waals surface area contributed by atoms with Crippen molar-refractivity contribution in [2.45, 2.75) is 17.1 Å². The minimum Gasteiger partial charge on any atom is -0.457 e. The maximum atomic E-state index is 13.6. The fourth-order valence-electron chi connectivity index (χ4n) is 5.12.